The standard InChI is InChI=1S/C13H10F3N/c1-8-2-3-10(7-17-8)9-4-5-12(14)11(6-9)13(15)16/h2-7,13H,1H3. The van der Waals surface area contributed by atoms with Gasteiger partial charge in [0.15, 0.2) is 0 Å². The van der Waals surface area contributed by atoms with E-state index in [2.05, 4.69) is 4.98 Å². The molecule has 0 spiro atoms. The lowest BCUT2D eigenvalue weighted by atomic mass is 10.0. The summed E-state index contributed by atoms with van der Waals surface area (Å²) in [5.74, 6) is -0.885. The van der Waals surface area contributed by atoms with E-state index in [1.807, 2.05) is 6.92 Å². The number of aromatic nitrogens is 1. The molecule has 0 radical (unpaired) electrons. The maximum absolute atomic E-state index is 13.1. The summed E-state index contributed by atoms with van der Waals surface area (Å²) < 4.78 is 38.2. The fourth-order valence-corrected chi connectivity index (χ4v) is 1.53. The van der Waals surface area contributed by atoms with Gasteiger partial charge in [-0.1, -0.05) is 12.1 Å². The van der Waals surface area contributed by atoms with Crippen LogP contribution in [0, 0.1) is 12.7 Å². The van der Waals surface area contributed by atoms with Gasteiger partial charge in [-0.2, -0.15) is 0 Å². The summed E-state index contributed by atoms with van der Waals surface area (Å²) in [6.45, 7) is 1.83. The largest absolute Gasteiger partial charge is 0.266 e. The van der Waals surface area contributed by atoms with Crippen LogP contribution < -0.4 is 0 Å². The van der Waals surface area contributed by atoms with Crippen molar-refractivity contribution in [1.82, 2.24) is 4.98 Å². The first-order valence-electron chi connectivity index (χ1n) is 5.08. The highest BCUT2D eigenvalue weighted by Gasteiger charge is 2.14. The van der Waals surface area contributed by atoms with Gasteiger partial charge in [0.05, 0.1) is 5.56 Å². The predicted molar refractivity (Wildman–Crippen MR) is 59.3 cm³/mol. The third kappa shape index (κ3) is 2.46. The monoisotopic (exact) mass is 237 g/mol. The molecule has 0 saturated heterocycles. The van der Waals surface area contributed by atoms with Crippen molar-refractivity contribution in [2.45, 2.75) is 13.3 Å². The van der Waals surface area contributed by atoms with E-state index in [1.54, 1.807) is 18.3 Å². The fraction of sp³-hybridized carbons (Fsp3) is 0.154. The molecule has 88 valence electrons. The average Bonchev–Trinajstić information content (AvgIpc) is 2.30. The van der Waals surface area contributed by atoms with Crippen molar-refractivity contribution in [1.29, 1.82) is 0 Å². The fourth-order valence-electron chi connectivity index (χ4n) is 1.53. The Bertz CT molecular complexity index is 521. The zero-order valence-corrected chi connectivity index (χ0v) is 9.12. The summed E-state index contributed by atoms with van der Waals surface area (Å²) >= 11 is 0. The third-order valence-electron chi connectivity index (χ3n) is 2.48. The summed E-state index contributed by atoms with van der Waals surface area (Å²) in [5, 5.41) is 0. The Labute approximate surface area is 96.9 Å². The molecule has 4 heteroatoms. The van der Waals surface area contributed by atoms with Gasteiger partial charge in [-0.3, -0.25) is 4.98 Å². The normalized spacial score (nSPS) is 10.9. The molecule has 0 bridgehead atoms. The number of alkyl halides is 2. The molecule has 1 heterocycles. The number of nitrogens with zero attached hydrogens (tertiary/aromatic N) is 1. The van der Waals surface area contributed by atoms with Crippen molar-refractivity contribution in [3.05, 3.63) is 53.6 Å². The molecule has 0 aliphatic rings. The van der Waals surface area contributed by atoms with Crippen molar-refractivity contribution in [2.24, 2.45) is 0 Å². The molecule has 1 aromatic carbocycles. The van der Waals surface area contributed by atoms with Crippen LogP contribution in [0.4, 0.5) is 13.2 Å². The van der Waals surface area contributed by atoms with Crippen molar-refractivity contribution >= 4 is 0 Å². The van der Waals surface area contributed by atoms with Crippen LogP contribution in [0.5, 0.6) is 0 Å². The number of aryl methyl sites for hydroxylation is 1. The Morgan fingerprint density at radius 1 is 1.06 bits per heavy atom. The minimum Gasteiger partial charge on any atom is -0.261 e. The van der Waals surface area contributed by atoms with Crippen molar-refractivity contribution in [2.75, 3.05) is 0 Å². The zero-order chi connectivity index (χ0) is 12.4. The molecule has 0 amide bonds. The predicted octanol–water partition coefficient (Wildman–Crippen LogP) is 4.13. The van der Waals surface area contributed by atoms with Gasteiger partial charge < -0.3 is 0 Å². The lowest BCUT2D eigenvalue weighted by Crippen LogP contribution is -1.92. The van der Waals surface area contributed by atoms with Crippen LogP contribution in [0.2, 0.25) is 0 Å². The van der Waals surface area contributed by atoms with E-state index in [0.717, 1.165) is 17.8 Å². The van der Waals surface area contributed by atoms with Crippen LogP contribution in [0.15, 0.2) is 36.5 Å². The van der Waals surface area contributed by atoms with Crippen LogP contribution in [0.3, 0.4) is 0 Å². The highest BCUT2D eigenvalue weighted by molar-refractivity contribution is 5.63. The van der Waals surface area contributed by atoms with Gasteiger partial charge >= 0.3 is 0 Å². The highest BCUT2D eigenvalue weighted by Crippen LogP contribution is 2.27. The van der Waals surface area contributed by atoms with Crippen LogP contribution in [0.1, 0.15) is 17.7 Å². The first kappa shape index (κ1) is 11.6. The van der Waals surface area contributed by atoms with Crippen molar-refractivity contribution < 1.29 is 13.2 Å². The number of rotatable bonds is 2. The second kappa shape index (κ2) is 4.57. The number of hydrogen-bond donors (Lipinski definition) is 0. The van der Waals surface area contributed by atoms with Crippen LogP contribution in [-0.4, -0.2) is 4.98 Å². The molecular weight excluding hydrogens is 227 g/mol. The van der Waals surface area contributed by atoms with Gasteiger partial charge in [0, 0.05) is 17.5 Å². The summed E-state index contributed by atoms with van der Waals surface area (Å²) in [4.78, 5) is 4.07. The second-order valence-corrected chi connectivity index (χ2v) is 3.73. The van der Waals surface area contributed by atoms with Gasteiger partial charge in [-0.15, -0.1) is 0 Å². The van der Waals surface area contributed by atoms with Gasteiger partial charge in [-0.25, -0.2) is 13.2 Å². The maximum atomic E-state index is 13.1. The van der Waals surface area contributed by atoms with E-state index in [-0.39, 0.29) is 0 Å². The quantitative estimate of drug-likeness (QED) is 0.765. The molecule has 0 atom stereocenters. The third-order valence-corrected chi connectivity index (χ3v) is 2.48. The SMILES string of the molecule is Cc1ccc(-c2ccc(F)c(C(F)F)c2)cn1. The Balaban J connectivity index is 2.46. The molecule has 2 rings (SSSR count). The van der Waals surface area contributed by atoms with E-state index >= 15 is 0 Å². The first-order valence-corrected chi connectivity index (χ1v) is 5.08. The van der Waals surface area contributed by atoms with Gasteiger partial charge in [0.2, 0.25) is 0 Å². The zero-order valence-electron chi connectivity index (χ0n) is 9.12. The summed E-state index contributed by atoms with van der Waals surface area (Å²) in [6, 6.07) is 7.22. The van der Waals surface area contributed by atoms with Crippen LogP contribution >= 0.6 is 0 Å². The minimum absolute atomic E-state index is 0.536. The van der Waals surface area contributed by atoms with E-state index in [4.69, 9.17) is 0 Å². The molecule has 0 N–H and O–H groups in total. The Hall–Kier alpha value is -1.84. The highest BCUT2D eigenvalue weighted by atomic mass is 19.3. The van der Waals surface area contributed by atoms with Gasteiger partial charge in [0.25, 0.3) is 6.43 Å². The van der Waals surface area contributed by atoms with E-state index in [0.29, 0.717) is 11.1 Å². The Kier molecular flexibility index (Phi) is 3.13. The van der Waals surface area contributed by atoms with Gasteiger partial charge in [-0.05, 0) is 30.7 Å². The molecule has 0 aliphatic carbocycles. The number of benzene rings is 1. The van der Waals surface area contributed by atoms with Crippen molar-refractivity contribution in [3.8, 4) is 11.1 Å². The van der Waals surface area contributed by atoms with E-state index in [9.17, 15) is 13.2 Å². The van der Waals surface area contributed by atoms with Crippen molar-refractivity contribution in [3.63, 3.8) is 0 Å². The topological polar surface area (TPSA) is 12.9 Å². The molecule has 0 aliphatic heterocycles. The Morgan fingerprint density at radius 2 is 1.76 bits per heavy atom. The van der Waals surface area contributed by atoms with E-state index < -0.39 is 17.8 Å². The molecule has 2 aromatic rings. The number of hydrogen-bond acceptors (Lipinski definition) is 1. The molecular formula is C13H10F3N. The molecule has 0 fully saturated rings. The smallest absolute Gasteiger partial charge is 0.261 e. The summed E-state index contributed by atoms with van der Waals surface area (Å²) in [5.41, 5.74) is 1.49. The van der Waals surface area contributed by atoms with Gasteiger partial charge in [0.1, 0.15) is 5.82 Å². The molecule has 1 aromatic heterocycles. The maximum Gasteiger partial charge on any atom is 0.266 e. The summed E-state index contributed by atoms with van der Waals surface area (Å²) in [6.07, 6.45) is -1.23. The van der Waals surface area contributed by atoms with E-state index in [1.165, 1.54) is 6.07 Å². The average molecular weight is 237 g/mol. The number of pyridine rings is 1. The first-order chi connectivity index (χ1) is 8.08. The lowest BCUT2D eigenvalue weighted by Gasteiger charge is -2.06. The van der Waals surface area contributed by atoms with Crippen LogP contribution in [0.25, 0.3) is 11.1 Å². The molecule has 0 unspecified atom stereocenters. The number of halogens is 3. The molecule has 17 heavy (non-hydrogen) atoms. The molecule has 0 saturated carbocycles. The molecule has 1 nitrogen and oxygen atoms in total. The summed E-state index contributed by atoms with van der Waals surface area (Å²) in [7, 11) is 0. The second-order valence-electron chi connectivity index (χ2n) is 3.73. The van der Waals surface area contributed by atoms with Crippen LogP contribution in [-0.2, 0) is 0 Å². The minimum atomic E-state index is -2.81. The Morgan fingerprint density at radius 3 is 2.35 bits per heavy atom. The lowest BCUT2D eigenvalue weighted by molar-refractivity contribution is 0.146.